The molecule has 0 aliphatic carbocycles. The van der Waals surface area contributed by atoms with Gasteiger partial charge in [-0.05, 0) is 56.5 Å². The molecule has 0 bridgehead atoms. The predicted octanol–water partition coefficient (Wildman–Crippen LogP) is 4.51. The maximum absolute atomic E-state index is 11.4. The summed E-state index contributed by atoms with van der Waals surface area (Å²) in [7, 11) is 1.35. The number of methoxy groups -OCH3 is 1. The number of benzene rings is 1. The molecule has 7 heteroatoms. The standard InChI is InChI=1S/C12H10Br2N2O2S/c1-6-3-7(13)10(8(14)4-6)16-12-15-5-9(19-12)11(17)18-2/h3-5H,1-2H3,(H,15,16). The van der Waals surface area contributed by atoms with Crippen molar-refractivity contribution in [2.75, 3.05) is 12.4 Å². The van der Waals surface area contributed by atoms with E-state index in [4.69, 9.17) is 0 Å². The zero-order chi connectivity index (χ0) is 14.0. The minimum atomic E-state index is -0.382. The van der Waals surface area contributed by atoms with E-state index in [1.807, 2.05) is 19.1 Å². The van der Waals surface area contributed by atoms with Crippen LogP contribution in [0.3, 0.4) is 0 Å². The summed E-state index contributed by atoms with van der Waals surface area (Å²) in [6, 6.07) is 4.00. The lowest BCUT2D eigenvalue weighted by Crippen LogP contribution is -1.96. The molecule has 4 nitrogen and oxygen atoms in total. The van der Waals surface area contributed by atoms with Gasteiger partial charge in [0.1, 0.15) is 4.88 Å². The van der Waals surface area contributed by atoms with Crippen LogP contribution < -0.4 is 5.32 Å². The van der Waals surface area contributed by atoms with Crippen LogP contribution in [0.2, 0.25) is 0 Å². The summed E-state index contributed by atoms with van der Waals surface area (Å²) in [6.45, 7) is 2.01. The molecular formula is C12H10Br2N2O2S. The Labute approximate surface area is 131 Å². The SMILES string of the molecule is COC(=O)c1cnc(Nc2c(Br)cc(C)cc2Br)s1. The molecule has 0 amide bonds. The van der Waals surface area contributed by atoms with Gasteiger partial charge in [-0.1, -0.05) is 11.3 Å². The molecule has 0 unspecified atom stereocenters. The fraction of sp³-hybridized carbons (Fsp3) is 0.167. The number of halogens is 2. The van der Waals surface area contributed by atoms with Gasteiger partial charge in [0.05, 0.1) is 19.0 Å². The van der Waals surface area contributed by atoms with E-state index in [0.29, 0.717) is 10.0 Å². The number of aryl methyl sites for hydroxylation is 1. The number of esters is 1. The number of anilines is 2. The van der Waals surface area contributed by atoms with Crippen molar-refractivity contribution in [3.8, 4) is 0 Å². The highest BCUT2D eigenvalue weighted by atomic mass is 79.9. The topological polar surface area (TPSA) is 51.2 Å². The third-order valence-electron chi connectivity index (χ3n) is 2.31. The van der Waals surface area contributed by atoms with Crippen molar-refractivity contribution in [2.24, 2.45) is 0 Å². The lowest BCUT2D eigenvalue weighted by molar-refractivity contribution is 0.0606. The van der Waals surface area contributed by atoms with Gasteiger partial charge in [0, 0.05) is 8.95 Å². The molecule has 0 aliphatic rings. The van der Waals surface area contributed by atoms with Gasteiger partial charge < -0.3 is 10.1 Å². The highest BCUT2D eigenvalue weighted by Gasteiger charge is 2.13. The summed E-state index contributed by atoms with van der Waals surface area (Å²) >= 11 is 8.24. The minimum Gasteiger partial charge on any atom is -0.465 e. The number of hydrogen-bond acceptors (Lipinski definition) is 5. The third kappa shape index (κ3) is 3.34. The fourth-order valence-electron chi connectivity index (χ4n) is 1.45. The largest absolute Gasteiger partial charge is 0.465 e. The van der Waals surface area contributed by atoms with Crippen molar-refractivity contribution < 1.29 is 9.53 Å². The molecule has 0 saturated heterocycles. The molecule has 1 aromatic heterocycles. The monoisotopic (exact) mass is 404 g/mol. The molecule has 19 heavy (non-hydrogen) atoms. The predicted molar refractivity (Wildman–Crippen MR) is 83.3 cm³/mol. The Hall–Kier alpha value is -0.920. The molecule has 0 aliphatic heterocycles. The second-order valence-electron chi connectivity index (χ2n) is 3.75. The summed E-state index contributed by atoms with van der Waals surface area (Å²) < 4.78 is 6.50. The summed E-state index contributed by atoms with van der Waals surface area (Å²) in [4.78, 5) is 16.0. The molecule has 0 saturated carbocycles. The molecule has 2 rings (SSSR count). The quantitative estimate of drug-likeness (QED) is 0.763. The lowest BCUT2D eigenvalue weighted by atomic mass is 10.2. The van der Waals surface area contributed by atoms with Gasteiger partial charge in [-0.15, -0.1) is 0 Å². The number of aromatic nitrogens is 1. The van der Waals surface area contributed by atoms with E-state index < -0.39 is 0 Å². The molecule has 1 aromatic carbocycles. The number of nitrogens with one attached hydrogen (secondary N) is 1. The zero-order valence-corrected chi connectivity index (χ0v) is 14.1. The number of thiazole rings is 1. The summed E-state index contributed by atoms with van der Waals surface area (Å²) in [5.74, 6) is -0.382. The molecule has 0 fully saturated rings. The minimum absolute atomic E-state index is 0.382. The highest BCUT2D eigenvalue weighted by Crippen LogP contribution is 2.35. The van der Waals surface area contributed by atoms with E-state index in [-0.39, 0.29) is 5.97 Å². The Morgan fingerprint density at radius 1 is 1.37 bits per heavy atom. The molecule has 1 N–H and O–H groups in total. The fourth-order valence-corrected chi connectivity index (χ4v) is 3.81. The molecule has 0 spiro atoms. The van der Waals surface area contributed by atoms with E-state index in [1.54, 1.807) is 0 Å². The summed E-state index contributed by atoms with van der Waals surface area (Å²) in [6.07, 6.45) is 1.49. The Kier molecular flexibility index (Phi) is 4.59. The number of carbonyl (C=O) groups excluding carboxylic acids is 1. The van der Waals surface area contributed by atoms with Gasteiger partial charge in [0.2, 0.25) is 0 Å². The van der Waals surface area contributed by atoms with Crippen LogP contribution in [0, 0.1) is 6.92 Å². The first-order valence-corrected chi connectivity index (χ1v) is 7.68. The number of ether oxygens (including phenoxy) is 1. The third-order valence-corrected chi connectivity index (χ3v) is 4.45. The summed E-state index contributed by atoms with van der Waals surface area (Å²) in [5.41, 5.74) is 2.01. The van der Waals surface area contributed by atoms with Crippen molar-refractivity contribution in [1.29, 1.82) is 0 Å². The number of hydrogen-bond donors (Lipinski definition) is 1. The van der Waals surface area contributed by atoms with E-state index >= 15 is 0 Å². The maximum Gasteiger partial charge on any atom is 0.349 e. The van der Waals surface area contributed by atoms with Crippen LogP contribution in [0.25, 0.3) is 0 Å². The van der Waals surface area contributed by atoms with Crippen molar-refractivity contribution in [3.05, 3.63) is 37.7 Å². The van der Waals surface area contributed by atoms with Gasteiger partial charge in [0.25, 0.3) is 0 Å². The van der Waals surface area contributed by atoms with Gasteiger partial charge in [-0.2, -0.15) is 0 Å². The van der Waals surface area contributed by atoms with Crippen LogP contribution in [0.4, 0.5) is 10.8 Å². The highest BCUT2D eigenvalue weighted by molar-refractivity contribution is 9.11. The van der Waals surface area contributed by atoms with Gasteiger partial charge >= 0.3 is 5.97 Å². The van der Waals surface area contributed by atoms with E-state index in [1.165, 1.54) is 24.6 Å². The van der Waals surface area contributed by atoms with E-state index in [9.17, 15) is 4.79 Å². The van der Waals surface area contributed by atoms with Gasteiger partial charge in [0.15, 0.2) is 5.13 Å². The van der Waals surface area contributed by atoms with Gasteiger partial charge in [-0.25, -0.2) is 9.78 Å². The first-order valence-electron chi connectivity index (χ1n) is 5.28. The average Bonchev–Trinajstić information content (AvgIpc) is 2.81. The Morgan fingerprint density at radius 3 is 2.58 bits per heavy atom. The number of nitrogens with zero attached hydrogens (tertiary/aromatic N) is 1. The van der Waals surface area contributed by atoms with Crippen molar-refractivity contribution in [1.82, 2.24) is 4.98 Å². The maximum atomic E-state index is 11.4. The van der Waals surface area contributed by atoms with Crippen LogP contribution in [0.1, 0.15) is 15.2 Å². The normalized spacial score (nSPS) is 10.3. The average molecular weight is 406 g/mol. The van der Waals surface area contributed by atoms with Crippen molar-refractivity contribution >= 4 is 60.0 Å². The number of rotatable bonds is 3. The lowest BCUT2D eigenvalue weighted by Gasteiger charge is -2.09. The Balaban J connectivity index is 2.27. The van der Waals surface area contributed by atoms with Crippen molar-refractivity contribution in [2.45, 2.75) is 6.92 Å². The van der Waals surface area contributed by atoms with Gasteiger partial charge in [-0.3, -0.25) is 0 Å². The molecule has 100 valence electrons. The van der Waals surface area contributed by atoms with E-state index in [2.05, 4.69) is 46.9 Å². The molecule has 0 radical (unpaired) electrons. The second kappa shape index (κ2) is 6.02. The van der Waals surface area contributed by atoms with E-state index in [0.717, 1.165) is 20.2 Å². The van der Waals surface area contributed by atoms with Crippen LogP contribution in [0.15, 0.2) is 27.3 Å². The second-order valence-corrected chi connectivity index (χ2v) is 6.49. The van der Waals surface area contributed by atoms with Crippen LogP contribution in [-0.4, -0.2) is 18.1 Å². The van der Waals surface area contributed by atoms with Crippen molar-refractivity contribution in [3.63, 3.8) is 0 Å². The number of carbonyl (C=O) groups is 1. The Morgan fingerprint density at radius 2 is 2.00 bits per heavy atom. The first kappa shape index (κ1) is 14.5. The molecule has 1 heterocycles. The molecular weight excluding hydrogens is 396 g/mol. The summed E-state index contributed by atoms with van der Waals surface area (Å²) in [5, 5.41) is 3.80. The molecule has 2 aromatic rings. The first-order chi connectivity index (χ1) is 9.01. The van der Waals surface area contributed by atoms with Crippen LogP contribution >= 0.6 is 43.2 Å². The van der Waals surface area contributed by atoms with Crippen LogP contribution in [0.5, 0.6) is 0 Å². The zero-order valence-electron chi connectivity index (χ0n) is 10.2. The molecule has 0 atom stereocenters. The van der Waals surface area contributed by atoms with Crippen LogP contribution in [-0.2, 0) is 4.74 Å². The Bertz CT molecular complexity index is 605. The smallest absolute Gasteiger partial charge is 0.349 e.